The minimum Gasteiger partial charge on any atom is -0.393 e. The third kappa shape index (κ3) is 4.14. The first-order valence-corrected chi connectivity index (χ1v) is 5.76. The van der Waals surface area contributed by atoms with Crippen molar-refractivity contribution in [3.05, 3.63) is 29.3 Å². The maximum atomic E-state index is 12.6. The number of rotatable bonds is 4. The lowest BCUT2D eigenvalue weighted by Crippen LogP contribution is -2.22. The summed E-state index contributed by atoms with van der Waals surface area (Å²) in [5.41, 5.74) is -0.804. The summed E-state index contributed by atoms with van der Waals surface area (Å²) in [6.45, 7) is 2.13. The van der Waals surface area contributed by atoms with Gasteiger partial charge in [0.25, 0.3) is 0 Å². The van der Waals surface area contributed by atoms with E-state index < -0.39 is 23.4 Å². The van der Waals surface area contributed by atoms with Crippen molar-refractivity contribution in [3.8, 4) is 6.07 Å². The van der Waals surface area contributed by atoms with Crippen molar-refractivity contribution in [2.24, 2.45) is 0 Å². The molecule has 3 nitrogen and oxygen atoms in total. The largest absolute Gasteiger partial charge is 0.417 e. The lowest BCUT2D eigenvalue weighted by molar-refractivity contribution is -0.137. The number of nitriles is 1. The van der Waals surface area contributed by atoms with Crippen molar-refractivity contribution < 1.29 is 18.3 Å². The highest BCUT2D eigenvalue weighted by molar-refractivity contribution is 5.54. The van der Waals surface area contributed by atoms with E-state index in [9.17, 15) is 18.3 Å². The maximum absolute atomic E-state index is 12.6. The van der Waals surface area contributed by atoms with Crippen LogP contribution in [0.15, 0.2) is 18.2 Å². The van der Waals surface area contributed by atoms with Crippen LogP contribution in [0.3, 0.4) is 0 Å². The summed E-state index contributed by atoms with van der Waals surface area (Å²) < 4.78 is 37.9. The number of alkyl halides is 3. The average Bonchev–Trinajstić information content (AvgIpc) is 2.33. The Morgan fingerprint density at radius 2 is 2.05 bits per heavy atom. The Labute approximate surface area is 109 Å². The number of aliphatic hydroxyl groups is 1. The molecule has 1 rings (SSSR count). The number of halogens is 3. The van der Waals surface area contributed by atoms with Gasteiger partial charge in [-0.05, 0) is 31.5 Å². The SMILES string of the molecule is CC(O)CCN(C)c1ccc(C(F)(F)F)c(C#N)c1. The first-order chi connectivity index (χ1) is 8.75. The van der Waals surface area contributed by atoms with Crippen LogP contribution in [-0.4, -0.2) is 24.8 Å². The molecule has 0 aliphatic rings. The van der Waals surface area contributed by atoms with Crippen LogP contribution in [-0.2, 0) is 6.18 Å². The van der Waals surface area contributed by atoms with Gasteiger partial charge in [-0.1, -0.05) is 0 Å². The second-order valence-electron chi connectivity index (χ2n) is 4.40. The third-order valence-electron chi connectivity index (χ3n) is 2.75. The minimum atomic E-state index is -4.53. The molecule has 0 fully saturated rings. The minimum absolute atomic E-state index is 0.395. The van der Waals surface area contributed by atoms with Crippen LogP contribution in [0.1, 0.15) is 24.5 Å². The van der Waals surface area contributed by atoms with E-state index in [4.69, 9.17) is 5.26 Å². The molecule has 0 aliphatic heterocycles. The first-order valence-electron chi connectivity index (χ1n) is 5.76. The number of hydrogen-bond acceptors (Lipinski definition) is 3. The van der Waals surface area contributed by atoms with E-state index in [1.807, 2.05) is 0 Å². The second kappa shape index (κ2) is 5.93. The maximum Gasteiger partial charge on any atom is 0.417 e. The number of benzene rings is 1. The highest BCUT2D eigenvalue weighted by Gasteiger charge is 2.33. The van der Waals surface area contributed by atoms with Crippen LogP contribution in [0.4, 0.5) is 18.9 Å². The standard InChI is InChI=1S/C13H15F3N2O/c1-9(19)5-6-18(2)11-3-4-12(13(14,15)16)10(7-11)8-17/h3-4,7,9,19H,5-6H2,1-2H3. The van der Waals surface area contributed by atoms with Crippen LogP contribution in [0.25, 0.3) is 0 Å². The van der Waals surface area contributed by atoms with Gasteiger partial charge in [-0.2, -0.15) is 18.4 Å². The van der Waals surface area contributed by atoms with Crippen molar-refractivity contribution in [2.45, 2.75) is 25.6 Å². The Balaban J connectivity index is 2.98. The predicted molar refractivity (Wildman–Crippen MR) is 65.7 cm³/mol. The van der Waals surface area contributed by atoms with Gasteiger partial charge in [-0.25, -0.2) is 0 Å². The van der Waals surface area contributed by atoms with E-state index in [2.05, 4.69) is 0 Å². The molecule has 1 aromatic carbocycles. The van der Waals surface area contributed by atoms with Crippen LogP contribution < -0.4 is 4.90 Å². The molecule has 19 heavy (non-hydrogen) atoms. The number of hydrogen-bond donors (Lipinski definition) is 1. The fourth-order valence-electron chi connectivity index (χ4n) is 1.62. The average molecular weight is 272 g/mol. The van der Waals surface area contributed by atoms with Gasteiger partial charge < -0.3 is 10.0 Å². The molecule has 0 spiro atoms. The van der Waals surface area contributed by atoms with E-state index in [0.29, 0.717) is 18.7 Å². The Bertz CT molecular complexity index is 478. The molecule has 0 radical (unpaired) electrons. The zero-order chi connectivity index (χ0) is 14.6. The molecule has 0 saturated carbocycles. The lowest BCUT2D eigenvalue weighted by atomic mass is 10.1. The normalized spacial score (nSPS) is 12.9. The van der Waals surface area contributed by atoms with E-state index in [-0.39, 0.29) is 0 Å². The molecule has 1 unspecified atom stereocenters. The predicted octanol–water partition coefficient (Wildman–Crippen LogP) is 2.78. The van der Waals surface area contributed by atoms with Crippen molar-refractivity contribution in [1.82, 2.24) is 0 Å². The molecule has 0 aromatic heterocycles. The van der Waals surface area contributed by atoms with Crippen molar-refractivity contribution in [2.75, 3.05) is 18.5 Å². The Morgan fingerprint density at radius 1 is 1.42 bits per heavy atom. The molecule has 6 heteroatoms. The Hall–Kier alpha value is -1.74. The number of nitrogens with zero attached hydrogens (tertiary/aromatic N) is 2. The van der Waals surface area contributed by atoms with E-state index in [1.54, 1.807) is 24.9 Å². The van der Waals surface area contributed by atoms with Gasteiger partial charge in [0.2, 0.25) is 0 Å². The van der Waals surface area contributed by atoms with E-state index in [1.165, 1.54) is 12.1 Å². The summed E-state index contributed by atoms with van der Waals surface area (Å²) in [5, 5.41) is 18.0. The molecule has 0 bridgehead atoms. The summed E-state index contributed by atoms with van der Waals surface area (Å²) in [6, 6.07) is 5.01. The second-order valence-corrected chi connectivity index (χ2v) is 4.40. The van der Waals surface area contributed by atoms with Crippen molar-refractivity contribution in [1.29, 1.82) is 5.26 Å². The molecule has 1 atom stereocenters. The van der Waals surface area contributed by atoms with Gasteiger partial charge in [0.15, 0.2) is 0 Å². The fourth-order valence-corrected chi connectivity index (χ4v) is 1.62. The molecule has 0 saturated heterocycles. The quantitative estimate of drug-likeness (QED) is 0.916. The molecule has 0 aliphatic carbocycles. The molecule has 0 heterocycles. The first kappa shape index (κ1) is 15.3. The van der Waals surface area contributed by atoms with Crippen molar-refractivity contribution in [3.63, 3.8) is 0 Å². The topological polar surface area (TPSA) is 47.3 Å². The summed E-state index contributed by atoms with van der Waals surface area (Å²) in [4.78, 5) is 1.70. The summed E-state index contributed by atoms with van der Waals surface area (Å²) in [7, 11) is 1.70. The molecular weight excluding hydrogens is 257 g/mol. The summed E-state index contributed by atoms with van der Waals surface area (Å²) in [6.07, 6.45) is -4.51. The number of anilines is 1. The molecular formula is C13H15F3N2O. The van der Waals surface area contributed by atoms with E-state index >= 15 is 0 Å². The highest BCUT2D eigenvalue weighted by atomic mass is 19.4. The summed E-state index contributed by atoms with van der Waals surface area (Å²) >= 11 is 0. The Morgan fingerprint density at radius 3 is 2.53 bits per heavy atom. The van der Waals surface area contributed by atoms with Crippen LogP contribution in [0, 0.1) is 11.3 Å². The smallest absolute Gasteiger partial charge is 0.393 e. The lowest BCUT2D eigenvalue weighted by Gasteiger charge is -2.21. The van der Waals surface area contributed by atoms with Gasteiger partial charge in [0.05, 0.1) is 23.3 Å². The fraction of sp³-hybridized carbons (Fsp3) is 0.462. The van der Waals surface area contributed by atoms with Gasteiger partial charge >= 0.3 is 6.18 Å². The van der Waals surface area contributed by atoms with E-state index in [0.717, 1.165) is 6.07 Å². The summed E-state index contributed by atoms with van der Waals surface area (Å²) in [5.74, 6) is 0. The van der Waals surface area contributed by atoms with Gasteiger partial charge in [-0.3, -0.25) is 0 Å². The van der Waals surface area contributed by atoms with Gasteiger partial charge in [0, 0.05) is 19.3 Å². The molecule has 104 valence electrons. The van der Waals surface area contributed by atoms with Crippen LogP contribution in [0.2, 0.25) is 0 Å². The van der Waals surface area contributed by atoms with Crippen molar-refractivity contribution >= 4 is 5.69 Å². The molecule has 0 amide bonds. The molecule has 1 N–H and O–H groups in total. The van der Waals surface area contributed by atoms with Gasteiger partial charge in [-0.15, -0.1) is 0 Å². The highest BCUT2D eigenvalue weighted by Crippen LogP contribution is 2.33. The zero-order valence-corrected chi connectivity index (χ0v) is 10.7. The van der Waals surface area contributed by atoms with Crippen LogP contribution >= 0.6 is 0 Å². The Kier molecular flexibility index (Phi) is 4.78. The van der Waals surface area contributed by atoms with Crippen LogP contribution in [0.5, 0.6) is 0 Å². The third-order valence-corrected chi connectivity index (χ3v) is 2.75. The molecule has 1 aromatic rings. The number of aliphatic hydroxyl groups excluding tert-OH is 1. The monoisotopic (exact) mass is 272 g/mol. The zero-order valence-electron chi connectivity index (χ0n) is 10.7. The van der Waals surface area contributed by atoms with Gasteiger partial charge in [0.1, 0.15) is 0 Å².